The Balaban J connectivity index is 1.61. The number of benzene rings is 2. The smallest absolute Gasteiger partial charge is 0.322 e. The van der Waals surface area contributed by atoms with Crippen LogP contribution in [-0.4, -0.2) is 17.8 Å². The predicted octanol–water partition coefficient (Wildman–Crippen LogP) is 2.45. The van der Waals surface area contributed by atoms with E-state index in [1.807, 2.05) is 25.1 Å². The van der Waals surface area contributed by atoms with Gasteiger partial charge in [0.1, 0.15) is 6.04 Å². The van der Waals surface area contributed by atoms with E-state index in [4.69, 9.17) is 0 Å². The second-order valence-electron chi connectivity index (χ2n) is 6.06. The first-order valence-electron chi connectivity index (χ1n) is 8.08. The topological polar surface area (TPSA) is 87.3 Å². The monoisotopic (exact) mass is 337 g/mol. The molecule has 0 bridgehead atoms. The van der Waals surface area contributed by atoms with Gasteiger partial charge in [-0.15, -0.1) is 0 Å². The number of hydrogen-bond acceptors (Lipinski definition) is 3. The van der Waals surface area contributed by atoms with E-state index < -0.39 is 18.0 Å². The molecule has 25 heavy (non-hydrogen) atoms. The Morgan fingerprint density at radius 3 is 2.64 bits per heavy atom. The summed E-state index contributed by atoms with van der Waals surface area (Å²) in [5, 5.41) is 7.57. The van der Waals surface area contributed by atoms with Crippen molar-refractivity contribution in [3.05, 3.63) is 65.2 Å². The fraction of sp³-hybridized carbons (Fsp3) is 0.211. The fourth-order valence-corrected chi connectivity index (χ4v) is 2.80. The lowest BCUT2D eigenvalue weighted by Gasteiger charge is -2.11. The molecule has 1 fully saturated rings. The van der Waals surface area contributed by atoms with Crippen molar-refractivity contribution in [2.75, 3.05) is 5.32 Å². The zero-order chi connectivity index (χ0) is 17.8. The van der Waals surface area contributed by atoms with E-state index in [0.717, 1.165) is 5.56 Å². The number of amides is 4. The van der Waals surface area contributed by atoms with Gasteiger partial charge in [-0.25, -0.2) is 4.79 Å². The van der Waals surface area contributed by atoms with Gasteiger partial charge in [-0.1, -0.05) is 42.0 Å². The van der Waals surface area contributed by atoms with Crippen molar-refractivity contribution in [3.8, 4) is 0 Å². The van der Waals surface area contributed by atoms with E-state index in [2.05, 4.69) is 22.0 Å². The SMILES string of the molecule is Cc1cccc(CCC(=O)Nc2cccc(C3NC(=O)NC3=O)c2)c1. The van der Waals surface area contributed by atoms with Gasteiger partial charge in [-0.2, -0.15) is 0 Å². The van der Waals surface area contributed by atoms with Gasteiger partial charge in [0.25, 0.3) is 5.91 Å². The highest BCUT2D eigenvalue weighted by Crippen LogP contribution is 2.20. The molecule has 4 amide bonds. The van der Waals surface area contributed by atoms with E-state index in [-0.39, 0.29) is 5.91 Å². The van der Waals surface area contributed by atoms with Crippen LogP contribution in [0.5, 0.6) is 0 Å². The van der Waals surface area contributed by atoms with Crippen molar-refractivity contribution in [2.45, 2.75) is 25.8 Å². The second-order valence-corrected chi connectivity index (χ2v) is 6.06. The molecule has 1 unspecified atom stereocenters. The molecule has 6 heteroatoms. The van der Waals surface area contributed by atoms with Gasteiger partial charge in [0.2, 0.25) is 5.91 Å². The highest BCUT2D eigenvalue weighted by Gasteiger charge is 2.30. The molecule has 128 valence electrons. The summed E-state index contributed by atoms with van der Waals surface area (Å²) < 4.78 is 0. The average Bonchev–Trinajstić information content (AvgIpc) is 2.92. The lowest BCUT2D eigenvalue weighted by molar-refractivity contribution is -0.120. The number of aryl methyl sites for hydroxylation is 2. The molecule has 0 radical (unpaired) electrons. The molecular weight excluding hydrogens is 318 g/mol. The number of rotatable bonds is 5. The van der Waals surface area contributed by atoms with Crippen LogP contribution in [0.4, 0.5) is 10.5 Å². The maximum Gasteiger partial charge on any atom is 0.322 e. The molecule has 2 aromatic rings. The summed E-state index contributed by atoms with van der Waals surface area (Å²) in [7, 11) is 0. The summed E-state index contributed by atoms with van der Waals surface area (Å²) in [6.07, 6.45) is 1.03. The number of hydrogen-bond donors (Lipinski definition) is 3. The quantitative estimate of drug-likeness (QED) is 0.732. The van der Waals surface area contributed by atoms with Crippen LogP contribution in [-0.2, 0) is 16.0 Å². The molecule has 1 atom stereocenters. The Kier molecular flexibility index (Phi) is 4.79. The minimum Gasteiger partial charge on any atom is -0.326 e. The van der Waals surface area contributed by atoms with Gasteiger partial charge in [-0.05, 0) is 36.6 Å². The zero-order valence-corrected chi connectivity index (χ0v) is 13.8. The Morgan fingerprint density at radius 2 is 1.92 bits per heavy atom. The minimum absolute atomic E-state index is 0.0986. The molecule has 0 spiro atoms. The summed E-state index contributed by atoms with van der Waals surface area (Å²) in [6, 6.07) is 13.8. The van der Waals surface area contributed by atoms with Crippen LogP contribution < -0.4 is 16.0 Å². The summed E-state index contributed by atoms with van der Waals surface area (Å²) in [6.45, 7) is 2.02. The molecule has 2 aromatic carbocycles. The molecule has 1 heterocycles. The van der Waals surface area contributed by atoms with E-state index in [0.29, 0.717) is 24.1 Å². The van der Waals surface area contributed by atoms with Crippen molar-refractivity contribution < 1.29 is 14.4 Å². The van der Waals surface area contributed by atoms with Crippen molar-refractivity contribution in [1.82, 2.24) is 10.6 Å². The van der Waals surface area contributed by atoms with Crippen molar-refractivity contribution in [2.24, 2.45) is 0 Å². The molecule has 6 nitrogen and oxygen atoms in total. The average molecular weight is 337 g/mol. The molecule has 0 aromatic heterocycles. The van der Waals surface area contributed by atoms with E-state index >= 15 is 0 Å². The predicted molar refractivity (Wildman–Crippen MR) is 94.0 cm³/mol. The number of imide groups is 1. The number of nitrogens with one attached hydrogen (secondary N) is 3. The first-order valence-corrected chi connectivity index (χ1v) is 8.08. The Morgan fingerprint density at radius 1 is 1.12 bits per heavy atom. The van der Waals surface area contributed by atoms with Crippen molar-refractivity contribution >= 4 is 23.5 Å². The highest BCUT2D eigenvalue weighted by molar-refractivity contribution is 6.04. The number of carbonyl (C=O) groups is 3. The largest absolute Gasteiger partial charge is 0.326 e. The minimum atomic E-state index is -0.725. The number of carbonyl (C=O) groups excluding carboxylic acids is 3. The van der Waals surface area contributed by atoms with Gasteiger partial charge in [0.05, 0.1) is 0 Å². The Bertz CT molecular complexity index is 832. The third-order valence-corrected chi connectivity index (χ3v) is 4.00. The number of anilines is 1. The number of urea groups is 1. The van der Waals surface area contributed by atoms with Gasteiger partial charge >= 0.3 is 6.03 Å². The first kappa shape index (κ1) is 16.7. The van der Waals surface area contributed by atoms with Crippen LogP contribution in [0.3, 0.4) is 0 Å². The Labute approximate surface area is 145 Å². The standard InChI is InChI=1S/C19H19N3O3/c1-12-4-2-5-13(10-12)8-9-16(23)20-15-7-3-6-14(11-15)17-18(24)22-19(25)21-17/h2-7,10-11,17H,8-9H2,1H3,(H,20,23)(H2,21,22,24,25). The lowest BCUT2D eigenvalue weighted by atomic mass is 10.1. The van der Waals surface area contributed by atoms with E-state index in [9.17, 15) is 14.4 Å². The molecule has 1 aliphatic rings. The van der Waals surface area contributed by atoms with Crippen LogP contribution in [0, 0.1) is 6.92 Å². The van der Waals surface area contributed by atoms with Crippen molar-refractivity contribution in [1.29, 1.82) is 0 Å². The second kappa shape index (κ2) is 7.17. The van der Waals surface area contributed by atoms with Gasteiger partial charge in [-0.3, -0.25) is 14.9 Å². The normalized spacial score (nSPS) is 16.3. The Hall–Kier alpha value is -3.15. The van der Waals surface area contributed by atoms with Crippen LogP contribution >= 0.6 is 0 Å². The van der Waals surface area contributed by atoms with Crippen LogP contribution in [0.1, 0.15) is 29.2 Å². The van der Waals surface area contributed by atoms with Crippen LogP contribution in [0.15, 0.2) is 48.5 Å². The van der Waals surface area contributed by atoms with Gasteiger partial charge in [0.15, 0.2) is 0 Å². The van der Waals surface area contributed by atoms with E-state index in [1.54, 1.807) is 24.3 Å². The van der Waals surface area contributed by atoms with Gasteiger partial charge < -0.3 is 10.6 Å². The third-order valence-electron chi connectivity index (χ3n) is 4.00. The maximum atomic E-state index is 12.2. The van der Waals surface area contributed by atoms with E-state index in [1.165, 1.54) is 5.56 Å². The van der Waals surface area contributed by atoms with Crippen LogP contribution in [0.25, 0.3) is 0 Å². The maximum absolute atomic E-state index is 12.2. The fourth-order valence-electron chi connectivity index (χ4n) is 2.80. The van der Waals surface area contributed by atoms with Crippen LogP contribution in [0.2, 0.25) is 0 Å². The van der Waals surface area contributed by atoms with Crippen molar-refractivity contribution in [3.63, 3.8) is 0 Å². The molecule has 1 aliphatic heterocycles. The molecular formula is C19H19N3O3. The summed E-state index contributed by atoms with van der Waals surface area (Å²) >= 11 is 0. The molecule has 3 rings (SSSR count). The summed E-state index contributed by atoms with van der Waals surface area (Å²) in [4.78, 5) is 35.1. The first-order chi connectivity index (χ1) is 12.0. The lowest BCUT2D eigenvalue weighted by Crippen LogP contribution is -2.22. The highest BCUT2D eigenvalue weighted by atomic mass is 16.2. The summed E-state index contributed by atoms with van der Waals surface area (Å²) in [5.74, 6) is -0.494. The zero-order valence-electron chi connectivity index (χ0n) is 13.8. The van der Waals surface area contributed by atoms with Gasteiger partial charge in [0, 0.05) is 12.1 Å². The molecule has 1 saturated heterocycles. The molecule has 0 aliphatic carbocycles. The molecule has 0 saturated carbocycles. The molecule has 3 N–H and O–H groups in total. The third kappa shape index (κ3) is 4.23. The summed E-state index contributed by atoms with van der Waals surface area (Å²) in [5.41, 5.74) is 3.51.